The molecule has 11 nitrogen and oxygen atoms in total. The highest BCUT2D eigenvalue weighted by Crippen LogP contribution is 2.36. The number of nitrogens with zero attached hydrogens (tertiary/aromatic N) is 5. The maximum Gasteiger partial charge on any atom is 0.282 e. The number of carbonyl (C=O) groups excluding carboxylic acids is 1. The van der Waals surface area contributed by atoms with Crippen molar-refractivity contribution < 1.29 is 19.0 Å². The quantitative estimate of drug-likeness (QED) is 0.319. The van der Waals surface area contributed by atoms with E-state index in [9.17, 15) is 23.9 Å². The number of aromatic nitrogens is 4. The molecule has 1 amide bonds. The van der Waals surface area contributed by atoms with Crippen molar-refractivity contribution in [2.45, 2.75) is 25.9 Å². The Bertz CT molecular complexity index is 2090. The molecule has 0 radical (unpaired) electrons. The molecule has 0 unspecified atom stereocenters. The van der Waals surface area contributed by atoms with Crippen LogP contribution < -0.4 is 16.5 Å². The van der Waals surface area contributed by atoms with Gasteiger partial charge < -0.3 is 14.7 Å². The smallest absolute Gasteiger partial charge is 0.282 e. The minimum atomic E-state index is -0.848. The Hall–Kier alpha value is -5.20. The SMILES string of the molecule is Cc1c2c(cn(Nc3ccc(C(=O)N4CCOCC4)cn3)c1=O)-c1cccc(-n3ncc4cccc(F)c4c3=O)c1C[C@H](O)C2. The molecule has 5 aromatic rings. The highest BCUT2D eigenvalue weighted by Gasteiger charge is 2.27. The third kappa shape index (κ3) is 5.07. The predicted octanol–water partition coefficient (Wildman–Crippen LogP) is 2.86. The van der Waals surface area contributed by atoms with Crippen molar-refractivity contribution in [3.8, 4) is 16.8 Å². The third-order valence-corrected chi connectivity index (χ3v) is 8.43. The maximum absolute atomic E-state index is 14.7. The molecule has 4 heterocycles. The van der Waals surface area contributed by atoms with Crippen LogP contribution in [0.1, 0.15) is 27.0 Å². The molecule has 2 aromatic carbocycles. The number of amides is 1. The van der Waals surface area contributed by atoms with Crippen molar-refractivity contribution in [1.82, 2.24) is 24.3 Å². The van der Waals surface area contributed by atoms with E-state index in [0.29, 0.717) is 76.6 Å². The van der Waals surface area contributed by atoms with Gasteiger partial charge in [0.25, 0.3) is 17.0 Å². The summed E-state index contributed by atoms with van der Waals surface area (Å²) in [6.07, 6.45) is 4.12. The molecule has 7 rings (SSSR count). The standard InChI is InChI=1S/C33H29FN6O5/c1-19-24-14-22(41)15-25-23(5-3-7-28(25)40-33(44)30-20(17-36-40)4-2-6-27(30)34)26(24)18-39(31(19)42)37-29-9-8-21(16-35-29)32(43)38-10-12-45-13-11-38/h2-9,16-18,22,41H,10-15H2,1H3,(H,35,37)/t22-/m1/s1. The van der Waals surface area contributed by atoms with Crippen molar-refractivity contribution in [2.24, 2.45) is 0 Å². The van der Waals surface area contributed by atoms with Gasteiger partial charge in [-0.1, -0.05) is 24.3 Å². The predicted molar refractivity (Wildman–Crippen MR) is 165 cm³/mol. The van der Waals surface area contributed by atoms with E-state index >= 15 is 0 Å². The molecule has 1 aliphatic heterocycles. The molecule has 45 heavy (non-hydrogen) atoms. The van der Waals surface area contributed by atoms with Crippen molar-refractivity contribution in [2.75, 3.05) is 31.7 Å². The first kappa shape index (κ1) is 28.6. The summed E-state index contributed by atoms with van der Waals surface area (Å²) in [5, 5.41) is 15.7. The molecule has 228 valence electrons. The topological polar surface area (TPSA) is 132 Å². The van der Waals surface area contributed by atoms with Crippen molar-refractivity contribution in [3.63, 3.8) is 0 Å². The van der Waals surface area contributed by atoms with Crippen LogP contribution in [0.5, 0.6) is 0 Å². The van der Waals surface area contributed by atoms with Gasteiger partial charge in [0.15, 0.2) is 0 Å². The van der Waals surface area contributed by atoms with Crippen LogP contribution in [0.4, 0.5) is 10.2 Å². The number of hydrogen-bond acceptors (Lipinski definition) is 8. The zero-order valence-electron chi connectivity index (χ0n) is 24.4. The Morgan fingerprint density at radius 3 is 2.53 bits per heavy atom. The average molecular weight is 609 g/mol. The van der Waals surface area contributed by atoms with E-state index in [2.05, 4.69) is 15.5 Å². The lowest BCUT2D eigenvalue weighted by Gasteiger charge is -2.26. The van der Waals surface area contributed by atoms with Gasteiger partial charge in [0.1, 0.15) is 11.6 Å². The first-order valence-electron chi connectivity index (χ1n) is 14.6. The fraction of sp³-hybridized carbons (Fsp3) is 0.242. The Morgan fingerprint density at radius 1 is 0.978 bits per heavy atom. The van der Waals surface area contributed by atoms with Crippen LogP contribution in [0.15, 0.2) is 76.7 Å². The summed E-state index contributed by atoms with van der Waals surface area (Å²) >= 11 is 0. The van der Waals surface area contributed by atoms with E-state index in [-0.39, 0.29) is 29.7 Å². The summed E-state index contributed by atoms with van der Waals surface area (Å²) in [6, 6.07) is 13.0. The number of nitrogens with one attached hydrogen (secondary N) is 1. The van der Waals surface area contributed by atoms with E-state index in [4.69, 9.17) is 4.74 Å². The van der Waals surface area contributed by atoms with Gasteiger partial charge in [0.2, 0.25) is 0 Å². The lowest BCUT2D eigenvalue weighted by Crippen LogP contribution is -2.40. The van der Waals surface area contributed by atoms with E-state index in [1.54, 1.807) is 48.4 Å². The number of aliphatic hydroxyl groups excluding tert-OH is 1. The van der Waals surface area contributed by atoms with Crippen LogP contribution in [0.3, 0.4) is 0 Å². The normalized spacial score (nSPS) is 16.2. The van der Waals surface area contributed by atoms with Gasteiger partial charge in [-0.05, 0) is 54.3 Å². The van der Waals surface area contributed by atoms with Crippen molar-refractivity contribution in [3.05, 3.63) is 116 Å². The van der Waals surface area contributed by atoms with E-state index in [1.165, 1.54) is 29.2 Å². The fourth-order valence-electron chi connectivity index (χ4n) is 6.12. The zero-order chi connectivity index (χ0) is 31.2. The summed E-state index contributed by atoms with van der Waals surface area (Å²) in [5.41, 5.74) is 6.11. The second kappa shape index (κ2) is 11.4. The fourth-order valence-corrected chi connectivity index (χ4v) is 6.12. The number of pyridine rings is 2. The maximum atomic E-state index is 14.7. The molecule has 0 spiro atoms. The minimum Gasteiger partial charge on any atom is -0.392 e. The molecule has 12 heteroatoms. The number of hydrogen-bond donors (Lipinski definition) is 2. The molecule has 3 aromatic heterocycles. The van der Waals surface area contributed by atoms with Gasteiger partial charge in [-0.25, -0.2) is 14.1 Å². The number of anilines is 1. The number of ether oxygens (including phenoxy) is 1. The van der Waals surface area contributed by atoms with Crippen LogP contribution in [0.25, 0.3) is 27.6 Å². The largest absolute Gasteiger partial charge is 0.392 e. The number of morpholine rings is 1. The monoisotopic (exact) mass is 608 g/mol. The van der Waals surface area contributed by atoms with Crippen LogP contribution in [-0.4, -0.2) is 67.8 Å². The van der Waals surface area contributed by atoms with E-state index in [0.717, 1.165) is 4.68 Å². The molecule has 2 N–H and O–H groups in total. The first-order valence-corrected chi connectivity index (χ1v) is 14.6. The Balaban J connectivity index is 1.29. The van der Waals surface area contributed by atoms with Gasteiger partial charge >= 0.3 is 0 Å². The molecule has 1 atom stereocenters. The molecule has 1 fully saturated rings. The number of aliphatic hydroxyl groups is 1. The van der Waals surface area contributed by atoms with E-state index in [1.807, 2.05) is 6.07 Å². The Morgan fingerprint density at radius 2 is 1.76 bits per heavy atom. The van der Waals surface area contributed by atoms with Gasteiger partial charge in [0, 0.05) is 48.4 Å². The van der Waals surface area contributed by atoms with E-state index < -0.39 is 17.5 Å². The number of halogens is 1. The highest BCUT2D eigenvalue weighted by molar-refractivity contribution is 5.94. The lowest BCUT2D eigenvalue weighted by molar-refractivity contribution is 0.0302. The molecule has 0 saturated carbocycles. The summed E-state index contributed by atoms with van der Waals surface area (Å²) in [4.78, 5) is 45.9. The molecular formula is C33H29FN6O5. The molecular weight excluding hydrogens is 579 g/mol. The molecule has 1 saturated heterocycles. The van der Waals surface area contributed by atoms with Gasteiger partial charge in [-0.15, -0.1) is 0 Å². The number of fused-ring (bicyclic) bond motifs is 4. The summed E-state index contributed by atoms with van der Waals surface area (Å²) < 4.78 is 22.5. The minimum absolute atomic E-state index is 0.0706. The van der Waals surface area contributed by atoms with Crippen LogP contribution in [0.2, 0.25) is 0 Å². The summed E-state index contributed by atoms with van der Waals surface area (Å²) in [7, 11) is 0. The lowest BCUT2D eigenvalue weighted by atomic mass is 9.95. The first-order chi connectivity index (χ1) is 21.8. The van der Waals surface area contributed by atoms with Crippen LogP contribution in [-0.2, 0) is 17.6 Å². The second-order valence-electron chi connectivity index (χ2n) is 11.2. The van der Waals surface area contributed by atoms with Crippen LogP contribution in [0, 0.1) is 12.7 Å². The van der Waals surface area contributed by atoms with Gasteiger partial charge in [-0.3, -0.25) is 19.8 Å². The summed E-state index contributed by atoms with van der Waals surface area (Å²) in [6.45, 7) is 3.73. The van der Waals surface area contributed by atoms with Crippen molar-refractivity contribution in [1.29, 1.82) is 0 Å². The second-order valence-corrected chi connectivity index (χ2v) is 11.2. The third-order valence-electron chi connectivity index (χ3n) is 8.43. The Kier molecular flexibility index (Phi) is 7.22. The summed E-state index contributed by atoms with van der Waals surface area (Å²) in [5.74, 6) is -0.422. The van der Waals surface area contributed by atoms with Crippen LogP contribution >= 0.6 is 0 Å². The molecule has 2 aliphatic rings. The van der Waals surface area contributed by atoms with Crippen molar-refractivity contribution >= 4 is 22.5 Å². The Labute approximate surface area is 256 Å². The molecule has 0 bridgehead atoms. The highest BCUT2D eigenvalue weighted by atomic mass is 19.1. The average Bonchev–Trinajstić information content (AvgIpc) is 3.20. The van der Waals surface area contributed by atoms with Gasteiger partial charge in [0.05, 0.1) is 42.2 Å². The molecule has 1 aliphatic carbocycles. The number of rotatable bonds is 4. The number of carbonyl (C=O) groups is 1. The van der Waals surface area contributed by atoms with Gasteiger partial charge in [-0.2, -0.15) is 9.78 Å². The zero-order valence-corrected chi connectivity index (χ0v) is 24.4. The number of benzene rings is 2.